The van der Waals surface area contributed by atoms with Crippen LogP contribution in [-0.2, 0) is 0 Å². The summed E-state index contributed by atoms with van der Waals surface area (Å²) < 4.78 is 0. The number of hydrogen-bond donors (Lipinski definition) is 0. The van der Waals surface area contributed by atoms with Gasteiger partial charge < -0.3 is 0 Å². The normalized spacial score (nSPS) is 8.88. The molecule has 2 rings (SSSR count). The molecule has 0 saturated carbocycles. The van der Waals surface area contributed by atoms with Crippen LogP contribution in [0, 0.1) is 0 Å². The Morgan fingerprint density at radius 1 is 0.812 bits per heavy atom. The minimum Gasteiger partial charge on any atom is -0.0984 e. The van der Waals surface area contributed by atoms with E-state index >= 15 is 0 Å². The van der Waals surface area contributed by atoms with Crippen LogP contribution in [0.2, 0.25) is 0 Å². The molecule has 0 fully saturated rings. The fraction of sp³-hybridized carbons (Fsp3) is 0.125. The average molecular weight is 210 g/mol. The first-order chi connectivity index (χ1) is 7.92. The van der Waals surface area contributed by atoms with Crippen LogP contribution in [0.15, 0.2) is 61.2 Å². The summed E-state index contributed by atoms with van der Waals surface area (Å²) in [5, 5.41) is 0. The zero-order valence-electron chi connectivity index (χ0n) is 9.98. The third-order valence-corrected chi connectivity index (χ3v) is 2.27. The first-order valence-corrected chi connectivity index (χ1v) is 5.68. The van der Waals surface area contributed by atoms with Gasteiger partial charge in [0.15, 0.2) is 0 Å². The maximum atomic E-state index is 3.82. The fourth-order valence-corrected chi connectivity index (χ4v) is 1.56. The standard InChI is InChI=1S/C14H12.C2H6/c1-2-12-8-6-7-11-14(12)13-9-4-3-5-10-13;1-2/h2-11H,1H2;1-2H3. The van der Waals surface area contributed by atoms with Crippen LogP contribution >= 0.6 is 0 Å². The van der Waals surface area contributed by atoms with Crippen molar-refractivity contribution in [3.63, 3.8) is 0 Å². The van der Waals surface area contributed by atoms with E-state index in [1.165, 1.54) is 16.7 Å². The highest BCUT2D eigenvalue weighted by Crippen LogP contribution is 2.23. The Labute approximate surface area is 98.3 Å². The molecule has 0 amide bonds. The van der Waals surface area contributed by atoms with Crippen LogP contribution in [0.5, 0.6) is 0 Å². The molecular weight excluding hydrogens is 192 g/mol. The van der Waals surface area contributed by atoms with Gasteiger partial charge in [-0.1, -0.05) is 81.1 Å². The second kappa shape index (κ2) is 6.62. The molecule has 0 atom stereocenters. The van der Waals surface area contributed by atoms with Crippen LogP contribution in [-0.4, -0.2) is 0 Å². The summed E-state index contributed by atoms with van der Waals surface area (Å²) in [6, 6.07) is 18.6. The molecule has 16 heavy (non-hydrogen) atoms. The molecule has 0 nitrogen and oxygen atoms in total. The molecule has 0 aromatic heterocycles. The van der Waals surface area contributed by atoms with Crippen molar-refractivity contribution in [2.45, 2.75) is 13.8 Å². The zero-order chi connectivity index (χ0) is 11.8. The third-order valence-electron chi connectivity index (χ3n) is 2.27. The second-order valence-electron chi connectivity index (χ2n) is 3.16. The van der Waals surface area contributed by atoms with E-state index < -0.39 is 0 Å². The van der Waals surface area contributed by atoms with E-state index in [4.69, 9.17) is 0 Å². The number of benzene rings is 2. The Bertz CT molecular complexity index is 427. The Morgan fingerprint density at radius 3 is 2.00 bits per heavy atom. The van der Waals surface area contributed by atoms with Gasteiger partial charge in [0.1, 0.15) is 0 Å². The highest BCUT2D eigenvalue weighted by Gasteiger charge is 1.99. The minimum absolute atomic E-state index is 1.18. The summed E-state index contributed by atoms with van der Waals surface area (Å²) in [5.41, 5.74) is 3.66. The van der Waals surface area contributed by atoms with Crippen molar-refractivity contribution >= 4 is 6.08 Å². The summed E-state index contributed by atoms with van der Waals surface area (Å²) in [5.74, 6) is 0. The predicted molar refractivity (Wildman–Crippen MR) is 73.3 cm³/mol. The molecule has 2 aromatic rings. The van der Waals surface area contributed by atoms with E-state index in [0.29, 0.717) is 0 Å². The first kappa shape index (κ1) is 12.3. The van der Waals surface area contributed by atoms with Crippen LogP contribution in [0.3, 0.4) is 0 Å². The third kappa shape index (κ3) is 2.83. The van der Waals surface area contributed by atoms with Gasteiger partial charge in [-0.2, -0.15) is 0 Å². The van der Waals surface area contributed by atoms with Crippen molar-refractivity contribution in [3.8, 4) is 11.1 Å². The Balaban J connectivity index is 0.000000606. The van der Waals surface area contributed by atoms with Crippen molar-refractivity contribution in [1.82, 2.24) is 0 Å². The Morgan fingerprint density at radius 2 is 1.38 bits per heavy atom. The van der Waals surface area contributed by atoms with Gasteiger partial charge in [-0.3, -0.25) is 0 Å². The van der Waals surface area contributed by atoms with E-state index in [1.54, 1.807) is 0 Å². The predicted octanol–water partition coefficient (Wildman–Crippen LogP) is 5.02. The van der Waals surface area contributed by atoms with E-state index in [-0.39, 0.29) is 0 Å². The van der Waals surface area contributed by atoms with Crippen LogP contribution in [0.25, 0.3) is 17.2 Å². The topological polar surface area (TPSA) is 0 Å². The molecule has 0 aliphatic rings. The van der Waals surface area contributed by atoms with Crippen LogP contribution in [0.1, 0.15) is 19.4 Å². The lowest BCUT2D eigenvalue weighted by Gasteiger charge is -2.04. The van der Waals surface area contributed by atoms with Crippen molar-refractivity contribution < 1.29 is 0 Å². The molecule has 0 heteroatoms. The van der Waals surface area contributed by atoms with Crippen molar-refractivity contribution in [2.75, 3.05) is 0 Å². The van der Waals surface area contributed by atoms with E-state index in [2.05, 4.69) is 49.0 Å². The van der Waals surface area contributed by atoms with Crippen molar-refractivity contribution in [3.05, 3.63) is 66.7 Å². The minimum atomic E-state index is 1.18. The SMILES string of the molecule is C=Cc1ccccc1-c1ccccc1.CC. The average Bonchev–Trinajstić information content (AvgIpc) is 2.42. The fourth-order valence-electron chi connectivity index (χ4n) is 1.56. The van der Waals surface area contributed by atoms with E-state index in [0.717, 1.165) is 0 Å². The quantitative estimate of drug-likeness (QED) is 0.652. The maximum Gasteiger partial charge on any atom is -0.0112 e. The highest BCUT2D eigenvalue weighted by molar-refractivity contribution is 5.74. The second-order valence-corrected chi connectivity index (χ2v) is 3.16. The first-order valence-electron chi connectivity index (χ1n) is 5.68. The van der Waals surface area contributed by atoms with Crippen molar-refractivity contribution in [2.24, 2.45) is 0 Å². The molecule has 0 unspecified atom stereocenters. The molecule has 82 valence electrons. The largest absolute Gasteiger partial charge is 0.0984 e. The van der Waals surface area contributed by atoms with E-state index in [1.807, 2.05) is 32.1 Å². The molecule has 0 radical (unpaired) electrons. The monoisotopic (exact) mass is 210 g/mol. The van der Waals surface area contributed by atoms with Crippen LogP contribution < -0.4 is 0 Å². The summed E-state index contributed by atoms with van der Waals surface area (Å²) in [4.78, 5) is 0. The highest BCUT2D eigenvalue weighted by atomic mass is 14.0. The number of hydrogen-bond acceptors (Lipinski definition) is 0. The van der Waals surface area contributed by atoms with Gasteiger partial charge in [-0.05, 0) is 16.7 Å². The molecule has 0 heterocycles. The van der Waals surface area contributed by atoms with Gasteiger partial charge in [-0.15, -0.1) is 0 Å². The molecule has 0 aliphatic carbocycles. The lowest BCUT2D eigenvalue weighted by molar-refractivity contribution is 1.50. The number of rotatable bonds is 2. The van der Waals surface area contributed by atoms with Crippen LogP contribution in [0.4, 0.5) is 0 Å². The van der Waals surface area contributed by atoms with Gasteiger partial charge >= 0.3 is 0 Å². The summed E-state index contributed by atoms with van der Waals surface area (Å²) in [6.45, 7) is 7.82. The van der Waals surface area contributed by atoms with E-state index in [9.17, 15) is 0 Å². The van der Waals surface area contributed by atoms with Crippen molar-refractivity contribution in [1.29, 1.82) is 0 Å². The summed E-state index contributed by atoms with van der Waals surface area (Å²) in [7, 11) is 0. The molecule has 2 aromatic carbocycles. The lowest BCUT2D eigenvalue weighted by atomic mass is 10.00. The van der Waals surface area contributed by atoms with Gasteiger partial charge in [0.05, 0.1) is 0 Å². The lowest BCUT2D eigenvalue weighted by Crippen LogP contribution is -1.81. The smallest absolute Gasteiger partial charge is 0.0112 e. The molecule has 0 spiro atoms. The maximum absolute atomic E-state index is 3.82. The summed E-state index contributed by atoms with van der Waals surface area (Å²) in [6.07, 6.45) is 1.89. The van der Waals surface area contributed by atoms with Gasteiger partial charge in [0, 0.05) is 0 Å². The molecule has 0 aliphatic heterocycles. The van der Waals surface area contributed by atoms with Gasteiger partial charge in [0.2, 0.25) is 0 Å². The van der Waals surface area contributed by atoms with Gasteiger partial charge in [-0.25, -0.2) is 0 Å². The van der Waals surface area contributed by atoms with Gasteiger partial charge in [0.25, 0.3) is 0 Å². The molecule has 0 saturated heterocycles. The molecule has 0 bridgehead atoms. The Hall–Kier alpha value is -1.82. The molecule has 0 N–H and O–H groups in total. The summed E-state index contributed by atoms with van der Waals surface area (Å²) >= 11 is 0. The molecular formula is C16H18. The Kier molecular flexibility index (Phi) is 5.07. The zero-order valence-corrected chi connectivity index (χ0v) is 9.98.